The van der Waals surface area contributed by atoms with Crippen LogP contribution in [0.1, 0.15) is 70.2 Å². The number of hydrogen-bond acceptors (Lipinski definition) is 10. The van der Waals surface area contributed by atoms with E-state index in [-0.39, 0.29) is 17.9 Å². The van der Waals surface area contributed by atoms with E-state index in [1.54, 1.807) is 6.07 Å². The van der Waals surface area contributed by atoms with Crippen LogP contribution in [-0.2, 0) is 27.3 Å². The highest BCUT2D eigenvalue weighted by Crippen LogP contribution is 2.35. The largest absolute Gasteiger partial charge is 0.462 e. The summed E-state index contributed by atoms with van der Waals surface area (Å²) in [5.41, 5.74) is 4.20. The zero-order chi connectivity index (χ0) is 36.5. The lowest BCUT2D eigenvalue weighted by molar-refractivity contribution is -0.155. The molecular weight excluding hydrogens is 642 g/mol. The molecule has 2 fully saturated rings. The molecule has 3 aliphatic heterocycles. The molecule has 0 spiro atoms. The van der Waals surface area contributed by atoms with Gasteiger partial charge in [-0.3, -0.25) is 14.5 Å². The predicted molar refractivity (Wildman–Crippen MR) is 201 cm³/mol. The van der Waals surface area contributed by atoms with E-state index in [9.17, 15) is 9.59 Å². The van der Waals surface area contributed by atoms with Gasteiger partial charge in [-0.25, -0.2) is 0 Å². The van der Waals surface area contributed by atoms with E-state index in [0.717, 1.165) is 56.8 Å². The van der Waals surface area contributed by atoms with Gasteiger partial charge in [0.15, 0.2) is 0 Å². The first-order valence-corrected chi connectivity index (χ1v) is 18.2. The number of amides is 1. The number of aryl methyl sites for hydroxylation is 1. The first kappa shape index (κ1) is 37.6. The lowest BCUT2D eigenvalue weighted by atomic mass is 9.99. The monoisotopic (exact) mass is 695 g/mol. The van der Waals surface area contributed by atoms with Gasteiger partial charge in [-0.05, 0) is 89.6 Å². The molecule has 1 aromatic heterocycles. The number of hydrogen-bond donors (Lipinski definition) is 0. The molecule has 3 aromatic rings. The number of ether oxygens (including phenoxy) is 2. The Hall–Kier alpha value is -4.69. The Morgan fingerprint density at radius 3 is 2.47 bits per heavy atom. The summed E-state index contributed by atoms with van der Waals surface area (Å²) in [6.45, 7) is 19.5. The molecule has 2 saturated heterocycles. The Labute approximate surface area is 302 Å². The van der Waals surface area contributed by atoms with E-state index < -0.39 is 5.60 Å². The van der Waals surface area contributed by atoms with Gasteiger partial charge >= 0.3 is 12.0 Å². The van der Waals surface area contributed by atoms with Gasteiger partial charge in [0.25, 0.3) is 0 Å². The van der Waals surface area contributed by atoms with Gasteiger partial charge in [0.1, 0.15) is 18.0 Å². The summed E-state index contributed by atoms with van der Waals surface area (Å²) in [5.74, 6) is 0.749. The Morgan fingerprint density at radius 1 is 1.04 bits per heavy atom. The van der Waals surface area contributed by atoms with Gasteiger partial charge in [0.2, 0.25) is 5.91 Å². The third-order valence-corrected chi connectivity index (χ3v) is 9.67. The molecule has 1 amide bonds. The molecule has 0 saturated carbocycles. The number of benzene rings is 2. The number of rotatable bonds is 10. The second-order valence-electron chi connectivity index (χ2n) is 14.4. The summed E-state index contributed by atoms with van der Waals surface area (Å²) in [6, 6.07) is 15.4. The highest BCUT2D eigenvalue weighted by atomic mass is 16.6. The molecule has 6 rings (SSSR count). The lowest BCUT2D eigenvalue weighted by Gasteiger charge is -2.38. The standard InChI is InChI=1S/C38H50N6O4.C2H3N/c1-6-33(45)42-21-23-43(24-22-42)36-30-17-20-44(32-15-8-13-28-12-7-11-27(2)35(28)32)25-31(30)39-37(40-36)47-26-29-14-9-18-41(29)19-10-16-34(46)48-38(3,4)5;1-2-3/h6-8,11-13,15,29H,1,9-10,14,16-26H2,2-5H3;1H3. The van der Waals surface area contributed by atoms with Crippen LogP contribution in [0.25, 0.3) is 10.8 Å². The number of carbonyl (C=O) groups is 2. The third-order valence-electron chi connectivity index (χ3n) is 9.67. The average molecular weight is 696 g/mol. The first-order chi connectivity index (χ1) is 24.5. The summed E-state index contributed by atoms with van der Waals surface area (Å²) < 4.78 is 11.9. The number of nitrogens with zero attached hydrogens (tertiary/aromatic N) is 7. The Bertz CT molecular complexity index is 1730. The Morgan fingerprint density at radius 2 is 1.76 bits per heavy atom. The summed E-state index contributed by atoms with van der Waals surface area (Å²) in [6.07, 6.45) is 5.53. The van der Waals surface area contributed by atoms with Crippen molar-refractivity contribution in [1.29, 1.82) is 5.26 Å². The van der Waals surface area contributed by atoms with Crippen molar-refractivity contribution in [1.82, 2.24) is 19.8 Å². The van der Waals surface area contributed by atoms with Crippen LogP contribution in [0.3, 0.4) is 0 Å². The molecule has 4 heterocycles. The van der Waals surface area contributed by atoms with Crippen molar-refractivity contribution in [2.24, 2.45) is 0 Å². The fraction of sp³-hybridized carbons (Fsp3) is 0.525. The van der Waals surface area contributed by atoms with Gasteiger partial charge < -0.3 is 24.2 Å². The maximum absolute atomic E-state index is 12.3. The van der Waals surface area contributed by atoms with E-state index >= 15 is 0 Å². The number of carbonyl (C=O) groups excluding carboxylic acids is 2. The summed E-state index contributed by atoms with van der Waals surface area (Å²) in [7, 11) is 0. The molecule has 0 N–H and O–H groups in total. The number of anilines is 2. The van der Waals surface area contributed by atoms with Crippen LogP contribution >= 0.6 is 0 Å². The van der Waals surface area contributed by atoms with Gasteiger partial charge in [-0.15, -0.1) is 0 Å². The van der Waals surface area contributed by atoms with Crippen LogP contribution in [0.5, 0.6) is 6.01 Å². The molecule has 0 bridgehead atoms. The Balaban J connectivity index is 0.00000162. The maximum Gasteiger partial charge on any atom is 0.318 e. The predicted octanol–water partition coefficient (Wildman–Crippen LogP) is 5.83. The molecular formula is C40H53N7O4. The van der Waals surface area contributed by atoms with Gasteiger partial charge in [-0.1, -0.05) is 36.9 Å². The quantitative estimate of drug-likeness (QED) is 0.190. The molecule has 2 aromatic carbocycles. The normalized spacial score (nSPS) is 17.6. The molecule has 1 unspecified atom stereocenters. The van der Waals surface area contributed by atoms with Gasteiger partial charge in [-0.2, -0.15) is 15.2 Å². The molecule has 0 radical (unpaired) electrons. The van der Waals surface area contributed by atoms with Gasteiger partial charge in [0, 0.05) is 68.7 Å². The topological polar surface area (TPSA) is 115 Å². The molecule has 3 aliphatic rings. The van der Waals surface area contributed by atoms with E-state index in [1.165, 1.54) is 40.6 Å². The minimum absolute atomic E-state index is 0.0309. The average Bonchev–Trinajstić information content (AvgIpc) is 3.56. The summed E-state index contributed by atoms with van der Waals surface area (Å²) >= 11 is 0. The van der Waals surface area contributed by atoms with Crippen molar-refractivity contribution < 1.29 is 19.1 Å². The number of esters is 1. The molecule has 1 atom stereocenters. The van der Waals surface area contributed by atoms with Crippen LogP contribution in [0, 0.1) is 18.3 Å². The first-order valence-electron chi connectivity index (χ1n) is 18.2. The van der Waals surface area contributed by atoms with Crippen LogP contribution in [-0.4, -0.2) is 95.7 Å². The third kappa shape index (κ3) is 9.56. The van der Waals surface area contributed by atoms with E-state index in [1.807, 2.05) is 25.7 Å². The number of fused-ring (bicyclic) bond motifs is 2. The highest BCUT2D eigenvalue weighted by molar-refractivity contribution is 5.97. The van der Waals surface area contributed by atoms with Crippen molar-refractivity contribution in [3.8, 4) is 12.1 Å². The molecule has 11 heteroatoms. The van der Waals surface area contributed by atoms with E-state index in [0.29, 0.717) is 51.8 Å². The fourth-order valence-electron chi connectivity index (χ4n) is 7.33. The van der Waals surface area contributed by atoms with Crippen molar-refractivity contribution in [2.75, 3.05) is 62.2 Å². The number of aromatic nitrogens is 2. The molecule has 272 valence electrons. The Kier molecular flexibility index (Phi) is 12.5. The van der Waals surface area contributed by atoms with E-state index in [2.05, 4.69) is 64.6 Å². The number of piperazine rings is 1. The smallest absolute Gasteiger partial charge is 0.318 e. The maximum atomic E-state index is 12.3. The second kappa shape index (κ2) is 17.0. The summed E-state index contributed by atoms with van der Waals surface area (Å²) in [4.78, 5) is 43.6. The number of likely N-dealkylation sites (tertiary alicyclic amines) is 1. The summed E-state index contributed by atoms with van der Waals surface area (Å²) in [5, 5.41) is 9.84. The van der Waals surface area contributed by atoms with Crippen molar-refractivity contribution in [2.45, 2.75) is 84.9 Å². The number of nitriles is 1. The van der Waals surface area contributed by atoms with Gasteiger partial charge in [0.05, 0.1) is 18.3 Å². The zero-order valence-electron chi connectivity index (χ0n) is 31.0. The van der Waals surface area contributed by atoms with Crippen molar-refractivity contribution >= 4 is 34.2 Å². The minimum Gasteiger partial charge on any atom is -0.462 e. The molecule has 51 heavy (non-hydrogen) atoms. The van der Waals surface area contributed by atoms with Crippen LogP contribution in [0.15, 0.2) is 49.1 Å². The van der Waals surface area contributed by atoms with Crippen molar-refractivity contribution in [3.63, 3.8) is 0 Å². The zero-order valence-corrected chi connectivity index (χ0v) is 31.0. The second-order valence-corrected chi connectivity index (χ2v) is 14.4. The molecule has 11 nitrogen and oxygen atoms in total. The SMILES string of the molecule is C=CC(=O)N1CCN(c2nc(OCC3CCCN3CCCC(=O)OC(C)(C)C)nc3c2CCN(c2cccc4cccc(C)c24)C3)CC1.CC#N. The van der Waals surface area contributed by atoms with Crippen LogP contribution in [0.4, 0.5) is 11.5 Å². The van der Waals surface area contributed by atoms with Crippen molar-refractivity contribution in [3.05, 3.63) is 65.9 Å². The fourth-order valence-corrected chi connectivity index (χ4v) is 7.33. The van der Waals surface area contributed by atoms with Crippen LogP contribution in [0.2, 0.25) is 0 Å². The minimum atomic E-state index is -0.462. The molecule has 0 aliphatic carbocycles. The van der Waals surface area contributed by atoms with E-state index in [4.69, 9.17) is 24.7 Å². The lowest BCUT2D eigenvalue weighted by Crippen LogP contribution is -2.49. The highest BCUT2D eigenvalue weighted by Gasteiger charge is 2.30. The van der Waals surface area contributed by atoms with Crippen LogP contribution < -0.4 is 14.5 Å².